The Morgan fingerprint density at radius 3 is 2.62 bits per heavy atom. The van der Waals surface area contributed by atoms with Crippen LogP contribution in [0.4, 0.5) is 11.5 Å². The lowest BCUT2D eigenvalue weighted by Crippen LogP contribution is -2.46. The van der Waals surface area contributed by atoms with Crippen LogP contribution < -0.4 is 5.32 Å². The fourth-order valence-corrected chi connectivity index (χ4v) is 6.08. The number of esters is 1. The van der Waals surface area contributed by atoms with Gasteiger partial charge in [-0.3, -0.25) is 15.0 Å². The molecule has 0 amide bonds. The quantitative estimate of drug-likeness (QED) is 0.199. The molecule has 2 fully saturated rings. The predicted molar refractivity (Wildman–Crippen MR) is 152 cm³/mol. The van der Waals surface area contributed by atoms with Crippen molar-refractivity contribution in [3.63, 3.8) is 0 Å². The molecule has 2 aromatic heterocycles. The van der Waals surface area contributed by atoms with Crippen LogP contribution in [-0.2, 0) is 9.47 Å². The topological polar surface area (TPSA) is 136 Å². The number of morpholine rings is 1. The van der Waals surface area contributed by atoms with E-state index >= 15 is 0 Å². The molecule has 1 saturated carbocycles. The molecule has 11 heteroatoms. The highest BCUT2D eigenvalue weighted by molar-refractivity contribution is 6.14. The lowest BCUT2D eigenvalue weighted by atomic mass is 9.90. The van der Waals surface area contributed by atoms with E-state index in [1.165, 1.54) is 19.2 Å². The summed E-state index contributed by atoms with van der Waals surface area (Å²) in [5, 5.41) is 16.9. The molecule has 0 unspecified atom stereocenters. The van der Waals surface area contributed by atoms with E-state index in [-0.39, 0.29) is 11.7 Å². The number of non-ortho nitro benzene ring substituents is 1. The molecular formula is C29H32N6O5. The van der Waals surface area contributed by atoms with Crippen molar-refractivity contribution in [2.24, 2.45) is 0 Å². The fraction of sp³-hybridized carbons (Fsp3) is 0.414. The van der Waals surface area contributed by atoms with E-state index in [0.717, 1.165) is 73.8 Å². The van der Waals surface area contributed by atoms with E-state index in [1.807, 2.05) is 13.0 Å². The molecule has 2 aromatic carbocycles. The second kappa shape index (κ2) is 10.8. The zero-order valence-electron chi connectivity index (χ0n) is 22.6. The van der Waals surface area contributed by atoms with Crippen LogP contribution in [0, 0.1) is 17.0 Å². The molecule has 1 saturated heterocycles. The Morgan fingerprint density at radius 1 is 1.12 bits per heavy atom. The van der Waals surface area contributed by atoms with Crippen LogP contribution in [0.25, 0.3) is 33.3 Å². The molecule has 2 N–H and O–H groups in total. The Hall–Kier alpha value is -4.09. The number of nitrogens with zero attached hydrogens (tertiary/aromatic N) is 4. The van der Waals surface area contributed by atoms with Crippen LogP contribution in [0.1, 0.15) is 41.6 Å². The largest absolute Gasteiger partial charge is 0.465 e. The number of anilines is 1. The number of nitro benzene ring substituents is 1. The highest BCUT2D eigenvalue weighted by atomic mass is 16.6. The predicted octanol–water partition coefficient (Wildman–Crippen LogP) is 4.84. The van der Waals surface area contributed by atoms with Gasteiger partial charge in [0.15, 0.2) is 5.82 Å². The number of nitrogens with one attached hydrogen (secondary N) is 2. The molecule has 4 aromatic rings. The Morgan fingerprint density at radius 2 is 1.90 bits per heavy atom. The van der Waals surface area contributed by atoms with Crippen molar-refractivity contribution in [1.29, 1.82) is 0 Å². The van der Waals surface area contributed by atoms with Gasteiger partial charge in [-0.05, 0) is 50.3 Å². The third-order valence-electron chi connectivity index (χ3n) is 8.08. The summed E-state index contributed by atoms with van der Waals surface area (Å²) < 4.78 is 10.5. The molecule has 11 nitrogen and oxygen atoms in total. The molecule has 3 heterocycles. The average molecular weight is 545 g/mol. The highest BCUT2D eigenvalue weighted by Crippen LogP contribution is 2.36. The van der Waals surface area contributed by atoms with Crippen LogP contribution in [0.5, 0.6) is 0 Å². The van der Waals surface area contributed by atoms with E-state index in [9.17, 15) is 14.9 Å². The summed E-state index contributed by atoms with van der Waals surface area (Å²) in [6.07, 6.45) is 4.21. The minimum Gasteiger partial charge on any atom is -0.465 e. The van der Waals surface area contributed by atoms with E-state index in [1.54, 1.807) is 18.2 Å². The summed E-state index contributed by atoms with van der Waals surface area (Å²) in [7, 11) is 1.36. The van der Waals surface area contributed by atoms with Gasteiger partial charge in [-0.15, -0.1) is 0 Å². The molecule has 0 radical (unpaired) electrons. The second-order valence-electron chi connectivity index (χ2n) is 10.6. The summed E-state index contributed by atoms with van der Waals surface area (Å²) >= 11 is 0. The molecule has 40 heavy (non-hydrogen) atoms. The number of fused-ring (bicyclic) bond motifs is 3. The van der Waals surface area contributed by atoms with Gasteiger partial charge in [-0.1, -0.05) is 12.1 Å². The van der Waals surface area contributed by atoms with Gasteiger partial charge in [0.05, 0.1) is 36.2 Å². The zero-order valence-corrected chi connectivity index (χ0v) is 22.6. The maximum Gasteiger partial charge on any atom is 0.337 e. The van der Waals surface area contributed by atoms with E-state index in [2.05, 4.69) is 15.2 Å². The van der Waals surface area contributed by atoms with E-state index in [4.69, 9.17) is 19.4 Å². The van der Waals surface area contributed by atoms with Crippen molar-refractivity contribution in [3.8, 4) is 11.4 Å². The van der Waals surface area contributed by atoms with E-state index in [0.29, 0.717) is 34.5 Å². The number of rotatable bonds is 6. The first-order valence-corrected chi connectivity index (χ1v) is 13.7. The maximum atomic E-state index is 12.3. The molecule has 0 spiro atoms. The van der Waals surface area contributed by atoms with Gasteiger partial charge in [0.2, 0.25) is 0 Å². The number of benzene rings is 2. The molecule has 1 aliphatic carbocycles. The van der Waals surface area contributed by atoms with Crippen molar-refractivity contribution in [2.45, 2.75) is 44.7 Å². The van der Waals surface area contributed by atoms with Gasteiger partial charge in [-0.2, -0.15) is 0 Å². The SMILES string of the molecule is COC(=O)c1cc(C)c2c(c1)[nH]c1nc(-c3cccc([N+](=O)[O-])c3)nc(N[C@H]3CC[C@H](N4CCOCC4)CC3)c12. The van der Waals surface area contributed by atoms with Crippen molar-refractivity contribution in [1.82, 2.24) is 19.9 Å². The Balaban J connectivity index is 1.40. The van der Waals surface area contributed by atoms with Gasteiger partial charge < -0.3 is 19.8 Å². The number of methoxy groups -OCH3 is 1. The first-order chi connectivity index (χ1) is 19.4. The maximum absolute atomic E-state index is 12.3. The van der Waals surface area contributed by atoms with Crippen LogP contribution in [0.15, 0.2) is 36.4 Å². The number of hydrogen-bond donors (Lipinski definition) is 2. The average Bonchev–Trinajstić information content (AvgIpc) is 3.37. The number of H-pyrrole nitrogens is 1. The number of hydrogen-bond acceptors (Lipinski definition) is 9. The summed E-state index contributed by atoms with van der Waals surface area (Å²) in [5.74, 6) is 0.655. The second-order valence-corrected chi connectivity index (χ2v) is 10.6. The summed E-state index contributed by atoms with van der Waals surface area (Å²) in [6, 6.07) is 10.7. The molecular weight excluding hydrogens is 512 g/mol. The summed E-state index contributed by atoms with van der Waals surface area (Å²) in [5.41, 5.74) is 3.23. The standard InChI is InChI=1S/C29H32N6O5/c1-17-14-19(29(36)39-2)16-23-24(17)25-27(30-20-6-8-21(9-7-20)34-10-12-40-13-11-34)32-26(33-28(25)31-23)18-4-3-5-22(15-18)35(37)38/h3-5,14-16,20-21H,6-13H2,1-2H3,(H2,30,31,32,33)/t20-,21-. The normalized spacial score (nSPS) is 20.1. The van der Waals surface area contributed by atoms with Crippen molar-refractivity contribution >= 4 is 39.4 Å². The number of carbonyl (C=O) groups excluding carboxylic acids is 1. The Labute approximate surface area is 231 Å². The molecule has 0 bridgehead atoms. The lowest BCUT2D eigenvalue weighted by molar-refractivity contribution is -0.384. The van der Waals surface area contributed by atoms with Crippen LogP contribution >= 0.6 is 0 Å². The van der Waals surface area contributed by atoms with Crippen molar-refractivity contribution in [3.05, 3.63) is 57.6 Å². The van der Waals surface area contributed by atoms with Gasteiger partial charge >= 0.3 is 5.97 Å². The minimum absolute atomic E-state index is 0.0210. The third-order valence-corrected chi connectivity index (χ3v) is 8.08. The number of carbonyl (C=O) groups is 1. The molecule has 1 aliphatic heterocycles. The van der Waals surface area contributed by atoms with Gasteiger partial charge in [-0.25, -0.2) is 14.8 Å². The molecule has 208 valence electrons. The smallest absolute Gasteiger partial charge is 0.337 e. The monoisotopic (exact) mass is 544 g/mol. The first kappa shape index (κ1) is 26.1. The van der Waals surface area contributed by atoms with Crippen LogP contribution in [-0.4, -0.2) is 76.2 Å². The number of nitro groups is 1. The lowest BCUT2D eigenvalue weighted by Gasteiger charge is -2.39. The van der Waals surface area contributed by atoms with Gasteiger partial charge in [0.25, 0.3) is 5.69 Å². The number of aromatic nitrogens is 3. The Kier molecular flexibility index (Phi) is 7.07. The van der Waals surface area contributed by atoms with Crippen LogP contribution in [0.2, 0.25) is 0 Å². The fourth-order valence-electron chi connectivity index (χ4n) is 6.08. The van der Waals surface area contributed by atoms with Crippen LogP contribution in [0.3, 0.4) is 0 Å². The summed E-state index contributed by atoms with van der Waals surface area (Å²) in [6.45, 7) is 5.53. The minimum atomic E-state index is -0.422. The van der Waals surface area contributed by atoms with Gasteiger partial charge in [0.1, 0.15) is 11.5 Å². The third kappa shape index (κ3) is 4.98. The number of aromatic amines is 1. The summed E-state index contributed by atoms with van der Waals surface area (Å²) in [4.78, 5) is 38.9. The number of aryl methyl sites for hydroxylation is 1. The number of ether oxygens (including phenoxy) is 2. The Bertz CT molecular complexity index is 1590. The molecule has 6 rings (SSSR count). The first-order valence-electron chi connectivity index (χ1n) is 13.7. The van der Waals surface area contributed by atoms with E-state index < -0.39 is 10.9 Å². The zero-order chi connectivity index (χ0) is 27.8. The van der Waals surface area contributed by atoms with Crippen molar-refractivity contribution in [2.75, 3.05) is 38.7 Å². The van der Waals surface area contributed by atoms with Gasteiger partial charge in [0, 0.05) is 53.8 Å². The highest BCUT2D eigenvalue weighted by Gasteiger charge is 2.28. The van der Waals surface area contributed by atoms with Crippen molar-refractivity contribution < 1.29 is 19.2 Å². The molecule has 2 aliphatic rings. The molecule has 0 atom stereocenters.